The average molecular weight is 395 g/mol. The maximum atomic E-state index is 14.2. The van der Waals surface area contributed by atoms with Gasteiger partial charge in [-0.05, 0) is 31.6 Å². The van der Waals surface area contributed by atoms with Crippen LogP contribution < -0.4 is 5.73 Å². The van der Waals surface area contributed by atoms with Gasteiger partial charge in [0.15, 0.2) is 11.6 Å². The zero-order valence-corrected chi connectivity index (χ0v) is 15.6. The average Bonchev–Trinajstić information content (AvgIpc) is 3.25. The Morgan fingerprint density at radius 1 is 1.00 bits per heavy atom. The first-order valence-electron chi connectivity index (χ1n) is 9.90. The topological polar surface area (TPSA) is 66.6 Å². The second kappa shape index (κ2) is 7.29. The van der Waals surface area contributed by atoms with Crippen molar-refractivity contribution in [3.05, 3.63) is 29.1 Å². The molecular formula is C20H24F3N3O2. The van der Waals surface area contributed by atoms with E-state index in [1.807, 2.05) is 4.90 Å². The third-order valence-electron chi connectivity index (χ3n) is 6.42. The van der Waals surface area contributed by atoms with Crippen LogP contribution in [0.1, 0.15) is 55.3 Å². The van der Waals surface area contributed by atoms with E-state index >= 15 is 0 Å². The Bertz CT molecular complexity index is 770. The SMILES string of the molecule is Nc1c(F)cc(F)c(F)c1C(=O)N1CC2CCC(C1)N2C(=O)CC1CCCC1. The number of nitrogen functional groups attached to an aromatic ring is 1. The molecule has 4 rings (SSSR count). The van der Waals surface area contributed by atoms with Crippen LogP contribution in [-0.4, -0.2) is 46.8 Å². The monoisotopic (exact) mass is 395 g/mol. The highest BCUT2D eigenvalue weighted by Gasteiger charge is 2.44. The molecular weight excluding hydrogens is 371 g/mol. The predicted octanol–water partition coefficient (Wildman–Crippen LogP) is 3.08. The van der Waals surface area contributed by atoms with Gasteiger partial charge < -0.3 is 15.5 Å². The molecule has 2 saturated heterocycles. The summed E-state index contributed by atoms with van der Waals surface area (Å²) in [5.74, 6) is -4.30. The number of anilines is 1. The lowest BCUT2D eigenvalue weighted by atomic mass is 10.0. The third-order valence-corrected chi connectivity index (χ3v) is 6.42. The molecule has 2 unspecified atom stereocenters. The molecule has 28 heavy (non-hydrogen) atoms. The molecule has 2 heterocycles. The lowest BCUT2D eigenvalue weighted by Gasteiger charge is -2.41. The van der Waals surface area contributed by atoms with Crippen LogP contribution in [0.3, 0.4) is 0 Å². The van der Waals surface area contributed by atoms with Crippen molar-refractivity contribution in [1.29, 1.82) is 0 Å². The summed E-state index contributed by atoms with van der Waals surface area (Å²) in [5.41, 5.74) is 4.07. The fourth-order valence-corrected chi connectivity index (χ4v) is 5.02. The van der Waals surface area contributed by atoms with Crippen molar-refractivity contribution in [3.8, 4) is 0 Å². The number of likely N-dealkylation sites (tertiary alicyclic amines) is 1. The van der Waals surface area contributed by atoms with Crippen molar-refractivity contribution in [2.24, 2.45) is 5.92 Å². The zero-order chi connectivity index (χ0) is 20.0. The van der Waals surface area contributed by atoms with Gasteiger partial charge in [0.1, 0.15) is 11.4 Å². The summed E-state index contributed by atoms with van der Waals surface area (Å²) in [6, 6.07) is 0.0590. The van der Waals surface area contributed by atoms with Crippen LogP contribution >= 0.6 is 0 Å². The molecule has 2 atom stereocenters. The molecule has 0 spiro atoms. The van der Waals surface area contributed by atoms with Crippen molar-refractivity contribution in [1.82, 2.24) is 9.80 Å². The summed E-state index contributed by atoms with van der Waals surface area (Å²) in [4.78, 5) is 28.8. The normalized spacial score (nSPS) is 24.8. The van der Waals surface area contributed by atoms with E-state index in [0.717, 1.165) is 25.7 Å². The first-order chi connectivity index (χ1) is 13.4. The number of fused-ring (bicyclic) bond motifs is 2. The van der Waals surface area contributed by atoms with Crippen molar-refractivity contribution >= 4 is 17.5 Å². The molecule has 5 nitrogen and oxygen atoms in total. The summed E-state index contributed by atoms with van der Waals surface area (Å²) >= 11 is 0. The zero-order valence-electron chi connectivity index (χ0n) is 15.6. The van der Waals surface area contributed by atoms with E-state index in [4.69, 9.17) is 5.73 Å². The molecule has 3 aliphatic rings. The summed E-state index contributed by atoms with van der Waals surface area (Å²) < 4.78 is 41.5. The van der Waals surface area contributed by atoms with Gasteiger partial charge in [-0.1, -0.05) is 12.8 Å². The highest BCUT2D eigenvalue weighted by molar-refractivity contribution is 5.99. The molecule has 0 aromatic heterocycles. The van der Waals surface area contributed by atoms with Crippen LogP contribution in [0, 0.1) is 23.4 Å². The van der Waals surface area contributed by atoms with Gasteiger partial charge in [0.05, 0.1) is 5.69 Å². The molecule has 1 saturated carbocycles. The molecule has 1 aliphatic carbocycles. The van der Waals surface area contributed by atoms with E-state index in [1.165, 1.54) is 17.7 Å². The van der Waals surface area contributed by atoms with Gasteiger partial charge in [0.2, 0.25) is 5.91 Å². The number of carbonyl (C=O) groups is 2. The van der Waals surface area contributed by atoms with Gasteiger partial charge in [-0.25, -0.2) is 13.2 Å². The van der Waals surface area contributed by atoms with Gasteiger partial charge in [0.25, 0.3) is 5.91 Å². The molecule has 8 heteroatoms. The van der Waals surface area contributed by atoms with E-state index in [1.54, 1.807) is 0 Å². The smallest absolute Gasteiger partial charge is 0.259 e. The maximum Gasteiger partial charge on any atom is 0.259 e. The van der Waals surface area contributed by atoms with E-state index < -0.39 is 34.6 Å². The summed E-state index contributed by atoms with van der Waals surface area (Å²) in [7, 11) is 0. The summed E-state index contributed by atoms with van der Waals surface area (Å²) in [6.07, 6.45) is 6.58. The second-order valence-electron chi connectivity index (χ2n) is 8.19. The molecule has 2 aliphatic heterocycles. The van der Waals surface area contributed by atoms with Gasteiger partial charge in [-0.15, -0.1) is 0 Å². The fraction of sp³-hybridized carbons (Fsp3) is 0.600. The molecule has 2 bridgehead atoms. The Balaban J connectivity index is 1.50. The van der Waals surface area contributed by atoms with E-state index in [-0.39, 0.29) is 31.1 Å². The number of hydrogen-bond donors (Lipinski definition) is 1. The van der Waals surface area contributed by atoms with Crippen LogP contribution in [0.2, 0.25) is 0 Å². The highest BCUT2D eigenvalue weighted by atomic mass is 19.2. The van der Waals surface area contributed by atoms with E-state index in [0.29, 0.717) is 18.4 Å². The second-order valence-corrected chi connectivity index (χ2v) is 8.19. The molecule has 3 fully saturated rings. The number of rotatable bonds is 3. The number of nitrogens with zero attached hydrogens (tertiary/aromatic N) is 2. The van der Waals surface area contributed by atoms with Crippen LogP contribution in [0.4, 0.5) is 18.9 Å². The van der Waals surface area contributed by atoms with Crippen LogP contribution in [0.5, 0.6) is 0 Å². The van der Waals surface area contributed by atoms with E-state index in [2.05, 4.69) is 0 Å². The first-order valence-corrected chi connectivity index (χ1v) is 9.90. The molecule has 2 amide bonds. The third kappa shape index (κ3) is 3.22. The number of benzene rings is 1. The van der Waals surface area contributed by atoms with Gasteiger partial charge in [-0.2, -0.15) is 0 Å². The minimum atomic E-state index is -1.44. The number of halogens is 3. The van der Waals surface area contributed by atoms with Crippen LogP contribution in [-0.2, 0) is 4.79 Å². The summed E-state index contributed by atoms with van der Waals surface area (Å²) in [6.45, 7) is 0.450. The number of amides is 2. The standard InChI is InChI=1S/C20H24F3N3O2/c21-14-8-15(22)19(24)17(18(14)23)20(28)25-9-12-5-6-13(10-25)26(12)16(27)7-11-3-1-2-4-11/h8,11-13H,1-7,9-10,24H2. The first kappa shape index (κ1) is 19.1. The minimum Gasteiger partial charge on any atom is -0.396 e. The Labute approximate surface area is 161 Å². The number of hydrogen-bond acceptors (Lipinski definition) is 3. The van der Waals surface area contributed by atoms with Crippen molar-refractivity contribution in [3.63, 3.8) is 0 Å². The van der Waals surface area contributed by atoms with Crippen molar-refractivity contribution < 1.29 is 22.8 Å². The Kier molecular flexibility index (Phi) is 4.97. The maximum absolute atomic E-state index is 14.2. The number of nitrogens with two attached hydrogens (primary N) is 1. The molecule has 0 radical (unpaired) electrons. The highest BCUT2D eigenvalue weighted by Crippen LogP contribution is 2.35. The number of piperazine rings is 1. The van der Waals surface area contributed by atoms with Crippen LogP contribution in [0.25, 0.3) is 0 Å². The lowest BCUT2D eigenvalue weighted by molar-refractivity contribution is -0.137. The predicted molar refractivity (Wildman–Crippen MR) is 96.9 cm³/mol. The van der Waals surface area contributed by atoms with Crippen molar-refractivity contribution in [2.75, 3.05) is 18.8 Å². The Morgan fingerprint density at radius 3 is 2.21 bits per heavy atom. The largest absolute Gasteiger partial charge is 0.396 e. The molecule has 152 valence electrons. The van der Waals surface area contributed by atoms with Crippen molar-refractivity contribution in [2.45, 2.75) is 57.0 Å². The lowest BCUT2D eigenvalue weighted by Crippen LogP contribution is -2.57. The Morgan fingerprint density at radius 2 is 1.61 bits per heavy atom. The molecule has 1 aromatic rings. The van der Waals surface area contributed by atoms with Gasteiger partial charge >= 0.3 is 0 Å². The Hall–Kier alpha value is -2.25. The quantitative estimate of drug-likeness (QED) is 0.632. The van der Waals surface area contributed by atoms with Gasteiger partial charge in [-0.3, -0.25) is 9.59 Å². The van der Waals surface area contributed by atoms with Crippen LogP contribution in [0.15, 0.2) is 6.07 Å². The van der Waals surface area contributed by atoms with Gasteiger partial charge in [0, 0.05) is 37.7 Å². The molecule has 2 N–H and O–H groups in total. The molecule has 1 aromatic carbocycles. The fourth-order valence-electron chi connectivity index (χ4n) is 5.02. The summed E-state index contributed by atoms with van der Waals surface area (Å²) in [5, 5.41) is 0. The number of carbonyl (C=O) groups excluding carboxylic acids is 2. The minimum absolute atomic E-state index is 0.119. The van der Waals surface area contributed by atoms with E-state index in [9.17, 15) is 22.8 Å².